The highest BCUT2D eigenvalue weighted by Gasteiger charge is 2.26. The third-order valence-corrected chi connectivity index (χ3v) is 3.72. The lowest BCUT2D eigenvalue weighted by Gasteiger charge is -2.37. The van der Waals surface area contributed by atoms with Gasteiger partial charge in [-0.3, -0.25) is 4.90 Å². The molecule has 0 spiro atoms. The third kappa shape index (κ3) is 3.40. The lowest BCUT2D eigenvalue weighted by atomic mass is 9.97. The average Bonchev–Trinajstić information content (AvgIpc) is 2.29. The Morgan fingerprint density at radius 2 is 2.24 bits per heavy atom. The van der Waals surface area contributed by atoms with Crippen molar-refractivity contribution in [2.24, 2.45) is 11.1 Å². The van der Waals surface area contributed by atoms with Crippen LogP contribution in [0.1, 0.15) is 13.3 Å². The quantitative estimate of drug-likeness (QED) is 0.564. The molecule has 5 heteroatoms. The van der Waals surface area contributed by atoms with E-state index in [4.69, 9.17) is 9.94 Å². The van der Waals surface area contributed by atoms with Gasteiger partial charge in [0.05, 0.1) is 18.4 Å². The highest BCUT2D eigenvalue weighted by atomic mass is 16.5. The highest BCUT2D eigenvalue weighted by Crippen LogP contribution is 2.15. The van der Waals surface area contributed by atoms with Crippen LogP contribution in [0.3, 0.4) is 0 Å². The summed E-state index contributed by atoms with van der Waals surface area (Å²) in [6, 6.07) is 0. The van der Waals surface area contributed by atoms with E-state index in [1.165, 1.54) is 0 Å². The molecular formula is C12H23N3O2. The predicted molar refractivity (Wildman–Crippen MR) is 66.7 cm³/mol. The molecular weight excluding hydrogens is 218 g/mol. The summed E-state index contributed by atoms with van der Waals surface area (Å²) in [7, 11) is 2.14. The van der Waals surface area contributed by atoms with Gasteiger partial charge < -0.3 is 14.8 Å². The normalized spacial score (nSPS) is 35.3. The minimum Gasteiger partial charge on any atom is -0.411 e. The summed E-state index contributed by atoms with van der Waals surface area (Å²) in [6.45, 7) is 7.96. The van der Waals surface area contributed by atoms with Crippen molar-refractivity contribution in [1.82, 2.24) is 9.80 Å². The second kappa shape index (κ2) is 5.80. The first kappa shape index (κ1) is 12.8. The Labute approximate surface area is 103 Å². The summed E-state index contributed by atoms with van der Waals surface area (Å²) < 4.78 is 5.78. The minimum atomic E-state index is 0.327. The van der Waals surface area contributed by atoms with Gasteiger partial charge in [-0.1, -0.05) is 12.1 Å². The van der Waals surface area contributed by atoms with E-state index in [1.807, 2.05) is 0 Å². The van der Waals surface area contributed by atoms with Gasteiger partial charge in [0.1, 0.15) is 0 Å². The smallest absolute Gasteiger partial charge is 0.0829 e. The number of rotatable bonds is 2. The Morgan fingerprint density at radius 3 is 2.88 bits per heavy atom. The molecule has 0 aromatic carbocycles. The maximum Gasteiger partial charge on any atom is 0.0829 e. The van der Waals surface area contributed by atoms with Gasteiger partial charge >= 0.3 is 0 Å². The summed E-state index contributed by atoms with van der Waals surface area (Å²) >= 11 is 0. The fraction of sp³-hybridized carbons (Fsp3) is 0.917. The molecule has 2 saturated heterocycles. The SMILES string of the molecule is CC1CN(CC2CN(C)CCO2)CCC1=NO. The molecule has 2 rings (SSSR count). The molecule has 0 aliphatic carbocycles. The average molecular weight is 241 g/mol. The molecule has 0 saturated carbocycles. The monoisotopic (exact) mass is 241 g/mol. The van der Waals surface area contributed by atoms with Crippen LogP contribution in [0.5, 0.6) is 0 Å². The van der Waals surface area contributed by atoms with E-state index < -0.39 is 0 Å². The van der Waals surface area contributed by atoms with Crippen LogP contribution in [-0.4, -0.2) is 73.2 Å². The second-order valence-corrected chi connectivity index (χ2v) is 5.26. The van der Waals surface area contributed by atoms with Crippen molar-refractivity contribution in [3.8, 4) is 0 Å². The van der Waals surface area contributed by atoms with E-state index in [0.717, 1.165) is 51.5 Å². The van der Waals surface area contributed by atoms with E-state index in [0.29, 0.717) is 12.0 Å². The van der Waals surface area contributed by atoms with Gasteiger partial charge in [-0.25, -0.2) is 0 Å². The Morgan fingerprint density at radius 1 is 1.41 bits per heavy atom. The van der Waals surface area contributed by atoms with Crippen LogP contribution in [0.4, 0.5) is 0 Å². The van der Waals surface area contributed by atoms with Crippen molar-refractivity contribution in [2.75, 3.05) is 46.4 Å². The number of likely N-dealkylation sites (tertiary alicyclic amines) is 1. The maximum atomic E-state index is 8.84. The van der Waals surface area contributed by atoms with Gasteiger partial charge in [0.25, 0.3) is 0 Å². The molecule has 2 fully saturated rings. The number of hydrogen-bond donors (Lipinski definition) is 1. The number of hydrogen-bond acceptors (Lipinski definition) is 5. The van der Waals surface area contributed by atoms with Gasteiger partial charge in [-0.2, -0.15) is 0 Å². The first-order chi connectivity index (χ1) is 8.19. The number of likely N-dealkylation sites (N-methyl/N-ethyl adjacent to an activating group) is 1. The molecule has 0 aromatic heterocycles. The molecule has 0 radical (unpaired) electrons. The number of ether oxygens (including phenoxy) is 1. The first-order valence-corrected chi connectivity index (χ1v) is 6.42. The van der Waals surface area contributed by atoms with Crippen LogP contribution in [0.2, 0.25) is 0 Å². The van der Waals surface area contributed by atoms with Gasteiger partial charge in [-0.05, 0) is 7.05 Å². The van der Waals surface area contributed by atoms with Crippen LogP contribution < -0.4 is 0 Å². The van der Waals surface area contributed by atoms with Crippen molar-refractivity contribution in [3.63, 3.8) is 0 Å². The fourth-order valence-corrected chi connectivity index (χ4v) is 2.68. The van der Waals surface area contributed by atoms with Crippen molar-refractivity contribution in [3.05, 3.63) is 0 Å². The Bertz CT molecular complexity index is 283. The number of morpholine rings is 1. The number of piperidine rings is 1. The molecule has 0 bridgehead atoms. The Balaban J connectivity index is 1.80. The molecule has 2 aliphatic rings. The van der Waals surface area contributed by atoms with E-state index in [-0.39, 0.29) is 0 Å². The number of nitrogens with zero attached hydrogens (tertiary/aromatic N) is 3. The molecule has 5 nitrogen and oxygen atoms in total. The first-order valence-electron chi connectivity index (χ1n) is 6.42. The molecule has 98 valence electrons. The molecule has 2 aliphatic heterocycles. The lowest BCUT2D eigenvalue weighted by molar-refractivity contribution is -0.0369. The standard InChI is InChI=1S/C12H23N3O2/c1-10-7-15(4-3-12(10)13-16)9-11-8-14(2)5-6-17-11/h10-11,16H,3-9H2,1-2H3. The summed E-state index contributed by atoms with van der Waals surface area (Å²) in [5, 5.41) is 12.2. The molecule has 17 heavy (non-hydrogen) atoms. The van der Waals surface area contributed by atoms with E-state index in [9.17, 15) is 0 Å². The second-order valence-electron chi connectivity index (χ2n) is 5.26. The fourth-order valence-electron chi connectivity index (χ4n) is 2.68. The van der Waals surface area contributed by atoms with Gasteiger partial charge in [-0.15, -0.1) is 0 Å². The van der Waals surface area contributed by atoms with Crippen molar-refractivity contribution >= 4 is 5.71 Å². The number of oxime groups is 1. The Kier molecular flexibility index (Phi) is 4.36. The largest absolute Gasteiger partial charge is 0.411 e. The molecule has 1 N–H and O–H groups in total. The highest BCUT2D eigenvalue weighted by molar-refractivity contribution is 5.86. The van der Waals surface area contributed by atoms with Gasteiger partial charge in [0.2, 0.25) is 0 Å². The van der Waals surface area contributed by atoms with Crippen LogP contribution >= 0.6 is 0 Å². The van der Waals surface area contributed by atoms with Crippen LogP contribution in [0.25, 0.3) is 0 Å². The zero-order valence-corrected chi connectivity index (χ0v) is 10.8. The summed E-state index contributed by atoms with van der Waals surface area (Å²) in [5.74, 6) is 0.357. The molecule has 0 aromatic rings. The predicted octanol–water partition coefficient (Wildman–Crippen LogP) is 0.489. The summed E-state index contributed by atoms with van der Waals surface area (Å²) in [4.78, 5) is 4.74. The molecule has 2 unspecified atom stereocenters. The van der Waals surface area contributed by atoms with Crippen molar-refractivity contribution < 1.29 is 9.94 Å². The lowest BCUT2D eigenvalue weighted by Crippen LogP contribution is -2.49. The van der Waals surface area contributed by atoms with Crippen LogP contribution in [0, 0.1) is 5.92 Å². The van der Waals surface area contributed by atoms with E-state index >= 15 is 0 Å². The Hall–Kier alpha value is -0.650. The van der Waals surface area contributed by atoms with Crippen LogP contribution in [0.15, 0.2) is 5.16 Å². The van der Waals surface area contributed by atoms with Gasteiger partial charge in [0, 0.05) is 45.1 Å². The van der Waals surface area contributed by atoms with E-state index in [1.54, 1.807) is 0 Å². The van der Waals surface area contributed by atoms with Gasteiger partial charge in [0.15, 0.2) is 0 Å². The van der Waals surface area contributed by atoms with Crippen molar-refractivity contribution in [1.29, 1.82) is 0 Å². The van der Waals surface area contributed by atoms with Crippen molar-refractivity contribution in [2.45, 2.75) is 19.4 Å². The minimum absolute atomic E-state index is 0.327. The zero-order valence-electron chi connectivity index (χ0n) is 10.8. The molecule has 2 heterocycles. The third-order valence-electron chi connectivity index (χ3n) is 3.72. The van der Waals surface area contributed by atoms with Crippen LogP contribution in [-0.2, 0) is 4.74 Å². The van der Waals surface area contributed by atoms with E-state index in [2.05, 4.69) is 28.9 Å². The topological polar surface area (TPSA) is 48.3 Å². The molecule has 0 amide bonds. The summed E-state index contributed by atoms with van der Waals surface area (Å²) in [6.07, 6.45) is 1.20. The summed E-state index contributed by atoms with van der Waals surface area (Å²) in [5.41, 5.74) is 0.933. The molecule has 2 atom stereocenters. The zero-order chi connectivity index (χ0) is 12.3. The maximum absolute atomic E-state index is 8.84.